The zero-order chi connectivity index (χ0) is 27.0. The molecule has 0 aromatic heterocycles. The van der Waals surface area contributed by atoms with Crippen molar-refractivity contribution in [1.29, 1.82) is 0 Å². The predicted molar refractivity (Wildman–Crippen MR) is 146 cm³/mol. The van der Waals surface area contributed by atoms with Crippen LogP contribution in [0.3, 0.4) is 0 Å². The Balaban J connectivity index is 1.47. The zero-order valence-corrected chi connectivity index (χ0v) is 23.3. The first kappa shape index (κ1) is 28.1. The van der Waals surface area contributed by atoms with Crippen molar-refractivity contribution < 1.29 is 18.0 Å². The van der Waals surface area contributed by atoms with E-state index in [0.29, 0.717) is 35.8 Å². The summed E-state index contributed by atoms with van der Waals surface area (Å²) in [4.78, 5) is 22.6. The van der Waals surface area contributed by atoms with Gasteiger partial charge in [-0.25, -0.2) is 0 Å². The molecule has 3 aliphatic rings. The van der Waals surface area contributed by atoms with Crippen molar-refractivity contribution in [2.24, 2.45) is 28.0 Å². The number of likely N-dealkylation sites (tertiary alicyclic amines) is 1. The molecule has 1 aromatic rings. The first-order chi connectivity index (χ1) is 17.5. The number of benzene rings is 1. The van der Waals surface area contributed by atoms with E-state index in [4.69, 9.17) is 5.73 Å². The van der Waals surface area contributed by atoms with Crippen LogP contribution in [-0.4, -0.2) is 54.6 Å². The fourth-order valence-corrected chi connectivity index (χ4v) is 7.25. The number of hydrogen-bond donors (Lipinski definition) is 1. The molecule has 1 aliphatic carbocycles. The van der Waals surface area contributed by atoms with Crippen LogP contribution in [0.4, 0.5) is 13.2 Å². The molecule has 1 saturated heterocycles. The number of aliphatic imine (C=N–C) groups is 1. The molecule has 37 heavy (non-hydrogen) atoms. The Bertz CT molecular complexity index is 1060. The molecule has 2 aliphatic heterocycles. The highest BCUT2D eigenvalue weighted by Gasteiger charge is 2.51. The van der Waals surface area contributed by atoms with E-state index >= 15 is 0 Å². The summed E-state index contributed by atoms with van der Waals surface area (Å²) in [5, 5.41) is 0.581. The van der Waals surface area contributed by atoms with Crippen LogP contribution >= 0.6 is 9.24 Å². The number of rotatable bonds is 5. The number of piperidine rings is 1. The highest BCUT2D eigenvalue weighted by molar-refractivity contribution is 7.27. The average molecular weight is 537 g/mol. The van der Waals surface area contributed by atoms with Gasteiger partial charge in [0, 0.05) is 32.4 Å². The van der Waals surface area contributed by atoms with Crippen molar-refractivity contribution in [2.45, 2.75) is 71.1 Å². The summed E-state index contributed by atoms with van der Waals surface area (Å²) in [6.07, 6.45) is 4.36. The topological polar surface area (TPSA) is 61.9 Å². The molecule has 2 fully saturated rings. The van der Waals surface area contributed by atoms with E-state index in [-0.39, 0.29) is 18.4 Å². The maximum Gasteiger partial charge on any atom is 0.416 e. The maximum atomic E-state index is 14.1. The summed E-state index contributed by atoms with van der Waals surface area (Å²) in [5.74, 6) is 0.690. The van der Waals surface area contributed by atoms with Crippen molar-refractivity contribution in [3.8, 4) is 0 Å². The third-order valence-corrected chi connectivity index (χ3v) is 9.54. The molecule has 9 heteroatoms. The number of halogens is 3. The molecular formula is C28H40F3N4OP. The van der Waals surface area contributed by atoms with Gasteiger partial charge in [0.15, 0.2) is 0 Å². The molecule has 0 spiro atoms. The lowest BCUT2D eigenvalue weighted by atomic mass is 9.73. The van der Waals surface area contributed by atoms with E-state index in [1.165, 1.54) is 12.1 Å². The van der Waals surface area contributed by atoms with Crippen LogP contribution in [0.15, 0.2) is 28.9 Å². The lowest BCUT2D eigenvalue weighted by molar-refractivity contribution is -0.146. The summed E-state index contributed by atoms with van der Waals surface area (Å²) in [6, 6.07) is 2.78. The molecule has 2 heterocycles. The molecule has 0 radical (unpaired) electrons. The van der Waals surface area contributed by atoms with Crippen LogP contribution in [0.25, 0.3) is 0 Å². The van der Waals surface area contributed by atoms with Gasteiger partial charge in [-0.1, -0.05) is 13.8 Å². The first-order valence-electron chi connectivity index (χ1n) is 13.4. The number of alkyl halides is 3. The minimum absolute atomic E-state index is 0.112. The van der Waals surface area contributed by atoms with Gasteiger partial charge in [0.2, 0.25) is 5.91 Å². The fourth-order valence-electron chi connectivity index (χ4n) is 6.74. The summed E-state index contributed by atoms with van der Waals surface area (Å²) in [7, 11) is 4.21. The van der Waals surface area contributed by atoms with Crippen molar-refractivity contribution in [3.05, 3.63) is 40.6 Å². The Morgan fingerprint density at radius 3 is 2.51 bits per heavy atom. The molecule has 1 aromatic carbocycles. The standard InChI is InChI=1S/C28H40F3N4OP/c1-18(2)27(8-4-23(14-27)34-9-5-19(6-10-34)21(15-32)16-33-3)26(36)35-11-7-24-20(17-35)12-22(13-25(24)37)28(29,30)31/h12-13,15-16,18-19,23H,4-11,14,17,32,37H2,1-3H3/b21-15+,33-16?. The molecule has 0 bridgehead atoms. The van der Waals surface area contributed by atoms with Crippen LogP contribution in [0.5, 0.6) is 0 Å². The lowest BCUT2D eigenvalue weighted by Gasteiger charge is -2.41. The Kier molecular flexibility index (Phi) is 8.40. The van der Waals surface area contributed by atoms with E-state index < -0.39 is 17.2 Å². The second-order valence-corrected chi connectivity index (χ2v) is 11.9. The minimum atomic E-state index is -4.40. The van der Waals surface area contributed by atoms with Crippen LogP contribution in [0.2, 0.25) is 0 Å². The molecule has 4 rings (SSSR count). The van der Waals surface area contributed by atoms with Crippen LogP contribution in [0, 0.1) is 17.3 Å². The van der Waals surface area contributed by atoms with Crippen molar-refractivity contribution >= 4 is 26.7 Å². The third kappa shape index (κ3) is 5.61. The Morgan fingerprint density at radius 2 is 1.92 bits per heavy atom. The first-order valence-corrected chi connectivity index (χ1v) is 13.9. The number of amides is 1. The molecule has 3 atom stereocenters. The zero-order valence-electron chi connectivity index (χ0n) is 22.2. The molecule has 1 saturated carbocycles. The van der Waals surface area contributed by atoms with Crippen molar-refractivity contribution in [3.63, 3.8) is 0 Å². The van der Waals surface area contributed by atoms with Gasteiger partial charge >= 0.3 is 6.18 Å². The summed E-state index contributed by atoms with van der Waals surface area (Å²) in [5.41, 5.74) is 7.34. The SMILES string of the molecule is CN=C/C(=C\N)C1CCN(C2CCC(C(=O)N3CCc4c(P)cc(C(F)(F)F)cc4C3)(C(C)C)C2)CC1. The second kappa shape index (κ2) is 11.1. The molecule has 5 nitrogen and oxygen atoms in total. The van der Waals surface area contributed by atoms with Gasteiger partial charge in [0.05, 0.1) is 11.0 Å². The van der Waals surface area contributed by atoms with Gasteiger partial charge in [-0.2, -0.15) is 13.2 Å². The van der Waals surface area contributed by atoms with Gasteiger partial charge in [-0.05, 0) is 104 Å². The number of hydrogen-bond acceptors (Lipinski definition) is 4. The monoisotopic (exact) mass is 536 g/mol. The van der Waals surface area contributed by atoms with E-state index in [1.807, 2.05) is 11.1 Å². The quantitative estimate of drug-likeness (QED) is 0.444. The summed E-state index contributed by atoms with van der Waals surface area (Å²) in [6.45, 7) is 6.99. The second-order valence-electron chi connectivity index (χ2n) is 11.2. The number of carbonyl (C=O) groups is 1. The molecule has 1 amide bonds. The highest BCUT2D eigenvalue weighted by atomic mass is 31.0. The molecule has 2 N–H and O–H groups in total. The number of fused-ring (bicyclic) bond motifs is 1. The smallest absolute Gasteiger partial charge is 0.404 e. The van der Waals surface area contributed by atoms with E-state index in [9.17, 15) is 18.0 Å². The molecular weight excluding hydrogens is 496 g/mol. The van der Waals surface area contributed by atoms with Crippen molar-refractivity contribution in [2.75, 3.05) is 26.7 Å². The van der Waals surface area contributed by atoms with E-state index in [2.05, 4.69) is 33.0 Å². The van der Waals surface area contributed by atoms with Crippen LogP contribution in [0.1, 0.15) is 62.6 Å². The maximum absolute atomic E-state index is 14.1. The number of nitrogens with zero attached hydrogens (tertiary/aromatic N) is 3. The predicted octanol–water partition coefficient (Wildman–Crippen LogP) is 4.54. The van der Waals surface area contributed by atoms with E-state index in [1.54, 1.807) is 13.2 Å². The fraction of sp³-hybridized carbons (Fsp3) is 0.643. The summed E-state index contributed by atoms with van der Waals surface area (Å²) < 4.78 is 40.3. The average Bonchev–Trinajstić information content (AvgIpc) is 3.33. The highest BCUT2D eigenvalue weighted by Crippen LogP contribution is 2.48. The van der Waals surface area contributed by atoms with Gasteiger partial charge in [-0.15, -0.1) is 9.24 Å². The summed E-state index contributed by atoms with van der Waals surface area (Å²) >= 11 is 0. The van der Waals surface area contributed by atoms with E-state index in [0.717, 1.165) is 56.3 Å². The Labute approximate surface area is 220 Å². The van der Waals surface area contributed by atoms with Gasteiger partial charge in [-0.3, -0.25) is 9.79 Å². The Hall–Kier alpha value is -1.92. The van der Waals surface area contributed by atoms with Gasteiger partial charge in [0.1, 0.15) is 0 Å². The lowest BCUT2D eigenvalue weighted by Crippen LogP contribution is -2.49. The van der Waals surface area contributed by atoms with Crippen molar-refractivity contribution in [1.82, 2.24) is 9.80 Å². The normalized spacial score (nSPS) is 26.3. The molecule has 204 valence electrons. The van der Waals surface area contributed by atoms with Gasteiger partial charge in [0.25, 0.3) is 0 Å². The minimum Gasteiger partial charge on any atom is -0.404 e. The third-order valence-electron chi connectivity index (χ3n) is 9.03. The van der Waals surface area contributed by atoms with Crippen LogP contribution in [-0.2, 0) is 23.9 Å². The molecule has 3 unspecified atom stereocenters. The van der Waals surface area contributed by atoms with Gasteiger partial charge < -0.3 is 15.5 Å². The number of allylic oxidation sites excluding steroid dienone is 1. The largest absolute Gasteiger partial charge is 0.416 e. The Morgan fingerprint density at radius 1 is 1.22 bits per heavy atom. The number of carbonyl (C=O) groups excluding carboxylic acids is 1. The van der Waals surface area contributed by atoms with Crippen LogP contribution < -0.4 is 11.0 Å². The number of nitrogens with two attached hydrogens (primary N) is 1.